The SMILES string of the molecule is Nc1ncnc2c1c(-c1ccc(O)cc1)nn2CC(c1cccc(Cl)c1)c1nc2cccc(C#CCCCC(=O)NCCN3CCOCC3)c2c(=O)[nH]1. The summed E-state index contributed by atoms with van der Waals surface area (Å²) in [5, 5.41) is 19.2. The van der Waals surface area contributed by atoms with Crippen LogP contribution in [0.5, 0.6) is 5.75 Å². The predicted octanol–water partition coefficient (Wildman–Crippen LogP) is 4.47. The van der Waals surface area contributed by atoms with Gasteiger partial charge in [0.05, 0.1) is 42.0 Å². The highest BCUT2D eigenvalue weighted by atomic mass is 35.5. The summed E-state index contributed by atoms with van der Waals surface area (Å²) >= 11 is 6.46. The second kappa shape index (κ2) is 16.2. The fourth-order valence-electron chi connectivity index (χ4n) is 6.46. The first-order valence-corrected chi connectivity index (χ1v) is 17.8. The molecule has 270 valence electrons. The van der Waals surface area contributed by atoms with Crippen molar-refractivity contribution < 1.29 is 14.6 Å². The first kappa shape index (κ1) is 35.6. The molecule has 3 aromatic heterocycles. The monoisotopic (exact) mass is 731 g/mol. The average molecular weight is 732 g/mol. The van der Waals surface area contributed by atoms with Crippen LogP contribution in [0.3, 0.4) is 0 Å². The van der Waals surface area contributed by atoms with Crippen molar-refractivity contribution in [1.29, 1.82) is 0 Å². The van der Waals surface area contributed by atoms with Gasteiger partial charge in [0.25, 0.3) is 5.56 Å². The van der Waals surface area contributed by atoms with E-state index >= 15 is 0 Å². The van der Waals surface area contributed by atoms with Crippen LogP contribution in [-0.2, 0) is 16.1 Å². The molecule has 7 rings (SSSR count). The molecule has 1 aliphatic heterocycles. The van der Waals surface area contributed by atoms with Crippen molar-refractivity contribution in [1.82, 2.24) is 39.9 Å². The third-order valence-electron chi connectivity index (χ3n) is 9.17. The van der Waals surface area contributed by atoms with E-state index in [0.717, 1.165) is 44.0 Å². The number of aromatic nitrogens is 6. The van der Waals surface area contributed by atoms with Gasteiger partial charge >= 0.3 is 0 Å². The van der Waals surface area contributed by atoms with Crippen LogP contribution in [0.1, 0.15) is 42.1 Å². The number of hydrogen-bond acceptors (Lipinski definition) is 10. The molecule has 0 saturated carbocycles. The number of nitrogens with one attached hydrogen (secondary N) is 2. The van der Waals surface area contributed by atoms with E-state index in [1.807, 2.05) is 24.3 Å². The van der Waals surface area contributed by atoms with Gasteiger partial charge in [0.1, 0.15) is 29.4 Å². The molecule has 1 amide bonds. The second-order valence-corrected chi connectivity index (χ2v) is 13.2. The van der Waals surface area contributed by atoms with Crippen LogP contribution in [0.2, 0.25) is 5.02 Å². The van der Waals surface area contributed by atoms with E-state index < -0.39 is 5.92 Å². The number of phenols is 1. The van der Waals surface area contributed by atoms with Gasteiger partial charge in [-0.05, 0) is 60.5 Å². The van der Waals surface area contributed by atoms with Gasteiger partial charge < -0.3 is 25.9 Å². The smallest absolute Gasteiger partial charge is 0.260 e. The second-order valence-electron chi connectivity index (χ2n) is 12.8. The van der Waals surface area contributed by atoms with Crippen LogP contribution in [0, 0.1) is 11.8 Å². The molecular formula is C39H38ClN9O4. The van der Waals surface area contributed by atoms with Crippen molar-refractivity contribution in [2.45, 2.75) is 31.7 Å². The molecule has 1 atom stereocenters. The number of nitrogen functional groups attached to an aromatic ring is 1. The number of H-pyrrole nitrogens is 1. The predicted molar refractivity (Wildman–Crippen MR) is 203 cm³/mol. The van der Waals surface area contributed by atoms with Crippen molar-refractivity contribution in [3.8, 4) is 28.8 Å². The Morgan fingerprint density at radius 3 is 2.70 bits per heavy atom. The lowest BCUT2D eigenvalue weighted by atomic mass is 9.97. The van der Waals surface area contributed by atoms with Crippen molar-refractivity contribution in [3.63, 3.8) is 0 Å². The van der Waals surface area contributed by atoms with Crippen LogP contribution in [-0.4, -0.2) is 85.0 Å². The molecule has 1 saturated heterocycles. The number of halogens is 1. The van der Waals surface area contributed by atoms with E-state index in [1.54, 1.807) is 47.1 Å². The van der Waals surface area contributed by atoms with Gasteiger partial charge in [0, 0.05) is 55.2 Å². The molecule has 6 aromatic rings. The van der Waals surface area contributed by atoms with Crippen LogP contribution in [0.15, 0.2) is 77.9 Å². The van der Waals surface area contributed by atoms with Gasteiger partial charge in [-0.25, -0.2) is 19.6 Å². The first-order chi connectivity index (χ1) is 25.8. The summed E-state index contributed by atoms with van der Waals surface area (Å²) < 4.78 is 7.09. The lowest BCUT2D eigenvalue weighted by molar-refractivity contribution is -0.121. The maximum Gasteiger partial charge on any atom is 0.260 e. The van der Waals surface area contributed by atoms with E-state index in [0.29, 0.717) is 69.8 Å². The summed E-state index contributed by atoms with van der Waals surface area (Å²) in [4.78, 5) is 45.1. The molecule has 14 heteroatoms. The van der Waals surface area contributed by atoms with Crippen molar-refractivity contribution in [3.05, 3.63) is 105 Å². The number of morpholine rings is 1. The maximum absolute atomic E-state index is 13.8. The number of anilines is 1. The quantitative estimate of drug-likeness (QED) is 0.110. The first-order valence-electron chi connectivity index (χ1n) is 17.4. The van der Waals surface area contributed by atoms with E-state index in [9.17, 15) is 14.7 Å². The number of phenolic OH excluding ortho intramolecular Hbond substituents is 1. The minimum Gasteiger partial charge on any atom is -0.508 e. The number of carbonyl (C=O) groups excluding carboxylic acids is 1. The highest BCUT2D eigenvalue weighted by Gasteiger charge is 2.24. The minimum absolute atomic E-state index is 0.00301. The van der Waals surface area contributed by atoms with Crippen LogP contribution >= 0.6 is 11.6 Å². The summed E-state index contributed by atoms with van der Waals surface area (Å²) in [5.41, 5.74) is 9.64. The number of benzene rings is 3. The van der Waals surface area contributed by atoms with Crippen LogP contribution in [0.4, 0.5) is 5.82 Å². The molecule has 0 radical (unpaired) electrons. The largest absolute Gasteiger partial charge is 0.508 e. The number of nitrogens with two attached hydrogens (primary N) is 1. The number of rotatable bonds is 11. The Hall–Kier alpha value is -5.81. The van der Waals surface area contributed by atoms with Crippen molar-refractivity contribution >= 4 is 45.3 Å². The fraction of sp³-hybridized carbons (Fsp3) is 0.282. The molecule has 4 heterocycles. The molecule has 0 spiro atoms. The number of nitrogens with zero attached hydrogens (tertiary/aromatic N) is 6. The Morgan fingerprint density at radius 2 is 1.89 bits per heavy atom. The molecule has 1 fully saturated rings. The Bertz CT molecular complexity index is 2380. The fourth-order valence-corrected chi connectivity index (χ4v) is 6.66. The molecule has 3 aromatic carbocycles. The standard InChI is InChI=1S/C39H38ClN9O4/c40-28-9-4-8-27(22-28)30(23-49-38-34(36(41)43-24-44-38)35(47-49)26-12-14-29(50)15-13-26)37-45-31-10-5-7-25(33(31)39(52)46-37)6-2-1-3-11-32(51)42-16-17-48-18-20-53-21-19-48/h4-5,7-10,12-15,22,24,30,50H,1,3,11,16-21,23H2,(H,42,51)(H2,41,43,44)(H,45,46,52). The summed E-state index contributed by atoms with van der Waals surface area (Å²) in [6.45, 7) is 4.89. The Labute approximate surface area is 310 Å². The number of aromatic amines is 1. The third kappa shape index (κ3) is 8.31. The summed E-state index contributed by atoms with van der Waals surface area (Å²) in [7, 11) is 0. The van der Waals surface area contributed by atoms with E-state index in [2.05, 4.69) is 37.0 Å². The molecule has 1 unspecified atom stereocenters. The molecule has 13 nitrogen and oxygen atoms in total. The number of fused-ring (bicyclic) bond motifs is 2. The van der Waals surface area contributed by atoms with E-state index in [4.69, 9.17) is 32.2 Å². The van der Waals surface area contributed by atoms with Gasteiger partial charge in [0.2, 0.25) is 5.91 Å². The van der Waals surface area contributed by atoms with Gasteiger partial charge in [-0.2, -0.15) is 5.10 Å². The van der Waals surface area contributed by atoms with E-state index in [-0.39, 0.29) is 29.6 Å². The van der Waals surface area contributed by atoms with Gasteiger partial charge in [-0.15, -0.1) is 0 Å². The van der Waals surface area contributed by atoms with Crippen LogP contribution in [0.25, 0.3) is 33.2 Å². The Morgan fingerprint density at radius 1 is 1.08 bits per heavy atom. The number of ether oxygens (including phenoxy) is 1. The summed E-state index contributed by atoms with van der Waals surface area (Å²) in [6, 6.07) is 19.4. The Balaban J connectivity index is 1.13. The lowest BCUT2D eigenvalue weighted by Crippen LogP contribution is -2.41. The molecule has 0 aliphatic carbocycles. The van der Waals surface area contributed by atoms with Crippen LogP contribution < -0.4 is 16.6 Å². The minimum atomic E-state index is -0.507. The highest BCUT2D eigenvalue weighted by molar-refractivity contribution is 6.30. The lowest BCUT2D eigenvalue weighted by Gasteiger charge is -2.26. The number of aromatic hydroxyl groups is 1. The third-order valence-corrected chi connectivity index (χ3v) is 9.41. The Kier molecular flexibility index (Phi) is 10.9. The summed E-state index contributed by atoms with van der Waals surface area (Å²) in [5.74, 6) is 6.55. The topological polar surface area (TPSA) is 177 Å². The normalized spacial score (nSPS) is 13.8. The van der Waals surface area contributed by atoms with Gasteiger partial charge in [-0.1, -0.05) is 41.6 Å². The molecule has 1 aliphatic rings. The zero-order valence-corrected chi connectivity index (χ0v) is 29.6. The number of unbranched alkanes of at least 4 members (excludes halogenated alkanes) is 1. The zero-order valence-electron chi connectivity index (χ0n) is 28.9. The van der Waals surface area contributed by atoms with Gasteiger partial charge in [0.15, 0.2) is 5.65 Å². The van der Waals surface area contributed by atoms with Crippen molar-refractivity contribution in [2.24, 2.45) is 0 Å². The number of carbonyl (C=O) groups is 1. The molecule has 5 N–H and O–H groups in total. The maximum atomic E-state index is 13.8. The number of amides is 1. The van der Waals surface area contributed by atoms with Gasteiger partial charge in [-0.3, -0.25) is 14.5 Å². The highest BCUT2D eigenvalue weighted by Crippen LogP contribution is 2.33. The average Bonchev–Trinajstić information content (AvgIpc) is 3.53. The molecular weight excluding hydrogens is 694 g/mol. The molecule has 0 bridgehead atoms. The zero-order chi connectivity index (χ0) is 36.7. The number of hydrogen-bond donors (Lipinski definition) is 4. The van der Waals surface area contributed by atoms with Crippen molar-refractivity contribution in [2.75, 3.05) is 45.1 Å². The summed E-state index contributed by atoms with van der Waals surface area (Å²) in [6.07, 6.45) is 2.87. The molecule has 53 heavy (non-hydrogen) atoms. The van der Waals surface area contributed by atoms with E-state index in [1.165, 1.54) is 6.33 Å².